The van der Waals surface area contributed by atoms with Crippen molar-refractivity contribution in [1.29, 1.82) is 0 Å². The zero-order valence-corrected chi connectivity index (χ0v) is 11.8. The third-order valence-electron chi connectivity index (χ3n) is 3.16. The zero-order chi connectivity index (χ0) is 15.2. The number of hydrogen-bond donors (Lipinski definition) is 1. The lowest BCUT2D eigenvalue weighted by Gasteiger charge is -2.07. The van der Waals surface area contributed by atoms with E-state index in [1.54, 1.807) is 43.1 Å². The summed E-state index contributed by atoms with van der Waals surface area (Å²) in [5, 5.41) is 2.87. The Morgan fingerprint density at radius 3 is 2.55 bits per heavy atom. The van der Waals surface area contributed by atoms with Gasteiger partial charge in [0.05, 0.1) is 11.3 Å². The molecule has 1 amide bonds. The van der Waals surface area contributed by atoms with Crippen molar-refractivity contribution >= 4 is 5.91 Å². The van der Waals surface area contributed by atoms with Crippen LogP contribution in [0.5, 0.6) is 0 Å². The molecule has 0 aliphatic rings. The summed E-state index contributed by atoms with van der Waals surface area (Å²) in [7, 11) is 0. The molecule has 0 radical (unpaired) electrons. The van der Waals surface area contributed by atoms with Gasteiger partial charge >= 0.3 is 0 Å². The lowest BCUT2D eigenvalue weighted by atomic mass is 10.1. The second kappa shape index (κ2) is 6.58. The molecule has 0 aliphatic heterocycles. The fourth-order valence-electron chi connectivity index (χ4n) is 2.04. The van der Waals surface area contributed by atoms with Crippen LogP contribution in [0.3, 0.4) is 0 Å². The molecule has 0 aromatic carbocycles. The lowest BCUT2D eigenvalue weighted by Crippen LogP contribution is -2.22. The first-order chi connectivity index (χ1) is 10.8. The van der Waals surface area contributed by atoms with Crippen molar-refractivity contribution in [2.24, 2.45) is 0 Å². The molecule has 0 spiro atoms. The summed E-state index contributed by atoms with van der Waals surface area (Å²) in [6.45, 7) is 0.434. The van der Waals surface area contributed by atoms with Gasteiger partial charge in [0.2, 0.25) is 0 Å². The highest BCUT2D eigenvalue weighted by molar-refractivity contribution is 5.93. The van der Waals surface area contributed by atoms with Crippen molar-refractivity contribution in [3.05, 3.63) is 78.5 Å². The van der Waals surface area contributed by atoms with E-state index in [-0.39, 0.29) is 5.91 Å². The average Bonchev–Trinajstić information content (AvgIpc) is 2.61. The first-order valence-electron chi connectivity index (χ1n) is 6.86. The van der Waals surface area contributed by atoms with E-state index in [1.807, 2.05) is 24.3 Å². The van der Waals surface area contributed by atoms with Gasteiger partial charge in [-0.05, 0) is 42.0 Å². The summed E-state index contributed by atoms with van der Waals surface area (Å²) in [5.41, 5.74) is 3.30. The van der Waals surface area contributed by atoms with Gasteiger partial charge in [-0.2, -0.15) is 0 Å². The van der Waals surface area contributed by atoms with Gasteiger partial charge < -0.3 is 5.32 Å². The Bertz CT molecular complexity index is 760. The van der Waals surface area contributed by atoms with Gasteiger partial charge in [0.15, 0.2) is 0 Å². The van der Waals surface area contributed by atoms with Gasteiger partial charge in [0.1, 0.15) is 0 Å². The molecule has 0 atom stereocenters. The third kappa shape index (κ3) is 3.32. The zero-order valence-electron chi connectivity index (χ0n) is 11.8. The predicted molar refractivity (Wildman–Crippen MR) is 82.9 cm³/mol. The summed E-state index contributed by atoms with van der Waals surface area (Å²) < 4.78 is 0. The van der Waals surface area contributed by atoms with Crippen LogP contribution in [0.25, 0.3) is 11.3 Å². The van der Waals surface area contributed by atoms with Crippen LogP contribution >= 0.6 is 0 Å². The maximum atomic E-state index is 12.0. The van der Waals surface area contributed by atoms with Gasteiger partial charge in [-0.3, -0.25) is 19.7 Å². The minimum Gasteiger partial charge on any atom is -0.348 e. The summed E-state index contributed by atoms with van der Waals surface area (Å²) in [4.78, 5) is 24.4. The fraction of sp³-hybridized carbons (Fsp3) is 0.0588. The number of pyridine rings is 3. The van der Waals surface area contributed by atoms with Crippen LogP contribution in [-0.2, 0) is 6.54 Å². The number of rotatable bonds is 4. The summed E-state index contributed by atoms with van der Waals surface area (Å²) in [5.74, 6) is -0.146. The Balaban J connectivity index is 1.70. The standard InChI is InChI=1S/C17H14N4O/c22-17(15-4-2-7-19-12-15)21-10-13-5-8-20-16(9-13)14-3-1-6-18-11-14/h1-9,11-12H,10H2,(H,21,22). The molecule has 3 aromatic heterocycles. The van der Waals surface area contributed by atoms with Crippen molar-refractivity contribution in [3.63, 3.8) is 0 Å². The van der Waals surface area contributed by atoms with Crippen molar-refractivity contribution in [2.45, 2.75) is 6.54 Å². The first kappa shape index (κ1) is 13.9. The summed E-state index contributed by atoms with van der Waals surface area (Å²) >= 11 is 0. The highest BCUT2D eigenvalue weighted by atomic mass is 16.1. The normalized spacial score (nSPS) is 10.2. The van der Waals surface area contributed by atoms with Gasteiger partial charge in [0.25, 0.3) is 5.91 Å². The molecule has 0 aliphatic carbocycles. The number of nitrogens with zero attached hydrogens (tertiary/aromatic N) is 3. The maximum Gasteiger partial charge on any atom is 0.253 e. The largest absolute Gasteiger partial charge is 0.348 e. The minimum atomic E-state index is -0.146. The molecule has 0 unspecified atom stereocenters. The number of aromatic nitrogens is 3. The highest BCUT2D eigenvalue weighted by Crippen LogP contribution is 2.16. The second-order valence-corrected chi connectivity index (χ2v) is 4.72. The van der Waals surface area contributed by atoms with Gasteiger partial charge in [-0.15, -0.1) is 0 Å². The highest BCUT2D eigenvalue weighted by Gasteiger charge is 2.06. The van der Waals surface area contributed by atoms with E-state index in [1.165, 1.54) is 0 Å². The molecule has 5 nitrogen and oxygen atoms in total. The van der Waals surface area contributed by atoms with E-state index in [9.17, 15) is 4.79 Å². The van der Waals surface area contributed by atoms with Gasteiger partial charge in [0, 0.05) is 43.1 Å². The Morgan fingerprint density at radius 2 is 1.82 bits per heavy atom. The van der Waals surface area contributed by atoms with E-state index in [4.69, 9.17) is 0 Å². The molecular formula is C17H14N4O. The van der Waals surface area contributed by atoms with Crippen LogP contribution < -0.4 is 5.32 Å². The minimum absolute atomic E-state index is 0.146. The van der Waals surface area contributed by atoms with Gasteiger partial charge in [-0.1, -0.05) is 0 Å². The number of carbonyl (C=O) groups is 1. The molecule has 1 N–H and O–H groups in total. The Morgan fingerprint density at radius 1 is 1.00 bits per heavy atom. The van der Waals surface area contributed by atoms with E-state index in [0.717, 1.165) is 16.8 Å². The first-order valence-corrected chi connectivity index (χ1v) is 6.86. The molecule has 0 saturated heterocycles. The summed E-state index contributed by atoms with van der Waals surface area (Å²) in [6, 6.07) is 11.1. The second-order valence-electron chi connectivity index (χ2n) is 4.72. The van der Waals surface area contributed by atoms with Crippen LogP contribution in [-0.4, -0.2) is 20.9 Å². The maximum absolute atomic E-state index is 12.0. The number of nitrogens with one attached hydrogen (secondary N) is 1. The third-order valence-corrected chi connectivity index (χ3v) is 3.16. The van der Waals surface area contributed by atoms with Crippen LogP contribution in [0, 0.1) is 0 Å². The van der Waals surface area contributed by atoms with Crippen molar-refractivity contribution in [2.75, 3.05) is 0 Å². The van der Waals surface area contributed by atoms with E-state index < -0.39 is 0 Å². The average molecular weight is 290 g/mol. The van der Waals surface area contributed by atoms with Crippen LogP contribution in [0.15, 0.2) is 67.4 Å². The lowest BCUT2D eigenvalue weighted by molar-refractivity contribution is 0.0950. The molecule has 108 valence electrons. The molecule has 3 heterocycles. The smallest absolute Gasteiger partial charge is 0.253 e. The molecule has 3 aromatic rings. The quantitative estimate of drug-likeness (QED) is 0.801. The van der Waals surface area contributed by atoms with Crippen molar-refractivity contribution in [3.8, 4) is 11.3 Å². The number of carbonyl (C=O) groups excluding carboxylic acids is 1. The van der Waals surface area contributed by atoms with E-state index in [0.29, 0.717) is 12.1 Å². The van der Waals surface area contributed by atoms with E-state index >= 15 is 0 Å². The Labute approximate surface area is 128 Å². The van der Waals surface area contributed by atoms with E-state index in [2.05, 4.69) is 20.3 Å². The molecule has 3 rings (SSSR count). The molecule has 0 bridgehead atoms. The molecule has 22 heavy (non-hydrogen) atoms. The molecule has 0 saturated carbocycles. The number of hydrogen-bond acceptors (Lipinski definition) is 4. The van der Waals surface area contributed by atoms with Crippen LogP contribution in [0.1, 0.15) is 15.9 Å². The van der Waals surface area contributed by atoms with Gasteiger partial charge in [-0.25, -0.2) is 0 Å². The van der Waals surface area contributed by atoms with Crippen molar-refractivity contribution in [1.82, 2.24) is 20.3 Å². The molecule has 5 heteroatoms. The predicted octanol–water partition coefficient (Wildman–Crippen LogP) is 2.47. The Hall–Kier alpha value is -3.08. The van der Waals surface area contributed by atoms with Crippen molar-refractivity contribution < 1.29 is 4.79 Å². The van der Waals surface area contributed by atoms with Crippen LogP contribution in [0.4, 0.5) is 0 Å². The monoisotopic (exact) mass is 290 g/mol. The topological polar surface area (TPSA) is 67.8 Å². The fourth-order valence-corrected chi connectivity index (χ4v) is 2.04. The summed E-state index contributed by atoms with van der Waals surface area (Å²) in [6.07, 6.45) is 8.40. The Kier molecular flexibility index (Phi) is 4.15. The number of amides is 1. The molecular weight excluding hydrogens is 276 g/mol. The molecule has 0 fully saturated rings. The van der Waals surface area contributed by atoms with Crippen LogP contribution in [0.2, 0.25) is 0 Å². The SMILES string of the molecule is O=C(NCc1ccnc(-c2cccnc2)c1)c1cccnc1.